The SMILES string of the molecule is [B]CC(N(C)C)N(C)C. The van der Waals surface area contributed by atoms with Crippen LogP contribution in [0.3, 0.4) is 0 Å². The van der Waals surface area contributed by atoms with Gasteiger partial charge in [-0.3, -0.25) is 9.80 Å². The minimum Gasteiger partial charge on any atom is -0.295 e. The van der Waals surface area contributed by atoms with Gasteiger partial charge in [-0.05, 0) is 28.2 Å². The fraction of sp³-hybridized carbons (Fsp3) is 1.00. The van der Waals surface area contributed by atoms with Gasteiger partial charge in [-0.15, -0.1) is 0 Å². The van der Waals surface area contributed by atoms with Gasteiger partial charge in [0.25, 0.3) is 0 Å². The van der Waals surface area contributed by atoms with E-state index in [0.29, 0.717) is 12.5 Å². The Morgan fingerprint density at radius 1 is 1.11 bits per heavy atom. The Balaban J connectivity index is 3.68. The Kier molecular flexibility index (Phi) is 3.90. The van der Waals surface area contributed by atoms with Crippen molar-refractivity contribution in [2.75, 3.05) is 28.2 Å². The molecule has 0 atom stereocenters. The summed E-state index contributed by atoms with van der Waals surface area (Å²) in [6.45, 7) is 0. The van der Waals surface area contributed by atoms with Crippen LogP contribution in [0.5, 0.6) is 0 Å². The molecule has 52 valence electrons. The van der Waals surface area contributed by atoms with Crippen molar-refractivity contribution in [1.29, 1.82) is 0 Å². The Morgan fingerprint density at radius 3 is 1.44 bits per heavy atom. The van der Waals surface area contributed by atoms with Gasteiger partial charge in [0.1, 0.15) is 0 Å². The van der Waals surface area contributed by atoms with E-state index in [0.717, 1.165) is 0 Å². The first-order valence-electron chi connectivity index (χ1n) is 3.12. The molecule has 0 aromatic heterocycles. The first-order chi connectivity index (χ1) is 4.09. The molecule has 2 nitrogen and oxygen atoms in total. The van der Waals surface area contributed by atoms with Gasteiger partial charge < -0.3 is 0 Å². The zero-order valence-corrected chi connectivity index (χ0v) is 6.76. The summed E-state index contributed by atoms with van der Waals surface area (Å²) in [4.78, 5) is 4.19. The van der Waals surface area contributed by atoms with E-state index in [2.05, 4.69) is 9.80 Å². The van der Waals surface area contributed by atoms with Crippen LogP contribution in [0, 0.1) is 0 Å². The quantitative estimate of drug-likeness (QED) is 0.388. The molecule has 0 bridgehead atoms. The van der Waals surface area contributed by atoms with Crippen LogP contribution in [0.1, 0.15) is 0 Å². The van der Waals surface area contributed by atoms with Crippen LogP contribution in [0.15, 0.2) is 0 Å². The third-order valence-corrected chi connectivity index (χ3v) is 1.40. The molecular weight excluding hydrogens is 111 g/mol. The molecule has 0 aromatic carbocycles. The van der Waals surface area contributed by atoms with Gasteiger partial charge >= 0.3 is 0 Å². The highest BCUT2D eigenvalue weighted by Gasteiger charge is 2.08. The summed E-state index contributed by atoms with van der Waals surface area (Å²) in [6, 6.07) is 0. The number of nitrogens with zero attached hydrogens (tertiary/aromatic N) is 2. The summed E-state index contributed by atoms with van der Waals surface area (Å²) in [7, 11) is 13.6. The largest absolute Gasteiger partial charge is 0.295 e. The van der Waals surface area contributed by atoms with Gasteiger partial charge in [-0.1, -0.05) is 6.32 Å². The van der Waals surface area contributed by atoms with Crippen molar-refractivity contribution >= 4 is 7.85 Å². The first kappa shape index (κ1) is 8.98. The molecule has 0 aromatic rings. The predicted molar refractivity (Wildman–Crippen MR) is 41.7 cm³/mol. The minimum absolute atomic E-state index is 0.366. The van der Waals surface area contributed by atoms with Crippen molar-refractivity contribution in [3.63, 3.8) is 0 Å². The lowest BCUT2D eigenvalue weighted by Crippen LogP contribution is -2.39. The molecule has 0 amide bonds. The van der Waals surface area contributed by atoms with Crippen molar-refractivity contribution in [2.45, 2.75) is 12.5 Å². The van der Waals surface area contributed by atoms with Gasteiger partial charge in [0, 0.05) is 0 Å². The van der Waals surface area contributed by atoms with E-state index in [1.165, 1.54) is 0 Å². The molecule has 0 rings (SSSR count). The maximum atomic E-state index is 5.49. The fourth-order valence-electron chi connectivity index (χ4n) is 0.884. The Hall–Kier alpha value is -0.0151. The lowest BCUT2D eigenvalue weighted by molar-refractivity contribution is 0.148. The van der Waals surface area contributed by atoms with Gasteiger partial charge in [0.2, 0.25) is 0 Å². The molecule has 0 aliphatic heterocycles. The predicted octanol–water partition coefficient (Wildman–Crippen LogP) is 0.0225. The molecule has 9 heavy (non-hydrogen) atoms. The second-order valence-corrected chi connectivity index (χ2v) is 2.64. The summed E-state index contributed by atoms with van der Waals surface area (Å²) < 4.78 is 0. The number of hydrogen-bond acceptors (Lipinski definition) is 2. The van der Waals surface area contributed by atoms with Crippen molar-refractivity contribution < 1.29 is 0 Å². The summed E-state index contributed by atoms with van der Waals surface area (Å²) in [6.07, 6.45) is 1.05. The van der Waals surface area contributed by atoms with Gasteiger partial charge in [-0.2, -0.15) is 0 Å². The summed E-state index contributed by atoms with van der Waals surface area (Å²) >= 11 is 0. The maximum absolute atomic E-state index is 5.49. The highest BCUT2D eigenvalue weighted by atomic mass is 15.3. The molecule has 0 aliphatic rings. The van der Waals surface area contributed by atoms with Gasteiger partial charge in [-0.25, -0.2) is 0 Å². The maximum Gasteiger partial charge on any atom is 0.0692 e. The standard InChI is InChI=1S/C6H15BN2/c1-8(2)6(5-7)9(3)4/h6H,5H2,1-4H3. The molecule has 0 aliphatic carbocycles. The fourth-order valence-corrected chi connectivity index (χ4v) is 0.884. The van der Waals surface area contributed by atoms with Crippen LogP contribution < -0.4 is 0 Å². The lowest BCUT2D eigenvalue weighted by Gasteiger charge is -2.29. The van der Waals surface area contributed by atoms with E-state index in [1.807, 2.05) is 28.2 Å². The Labute approximate surface area is 59.2 Å². The van der Waals surface area contributed by atoms with E-state index in [-0.39, 0.29) is 0 Å². The molecule has 0 unspecified atom stereocenters. The number of rotatable bonds is 3. The summed E-state index contributed by atoms with van der Waals surface area (Å²) in [5, 5.41) is 0. The average molecular weight is 126 g/mol. The van der Waals surface area contributed by atoms with Crippen molar-refractivity contribution in [3.8, 4) is 0 Å². The molecular formula is C6H15BN2. The van der Waals surface area contributed by atoms with Crippen molar-refractivity contribution in [2.24, 2.45) is 0 Å². The van der Waals surface area contributed by atoms with Crippen LogP contribution in [0.2, 0.25) is 6.32 Å². The minimum atomic E-state index is 0.366. The Bertz CT molecular complexity index is 65.5. The topological polar surface area (TPSA) is 6.48 Å². The molecule has 2 radical (unpaired) electrons. The Morgan fingerprint density at radius 2 is 1.44 bits per heavy atom. The molecule has 3 heteroatoms. The second-order valence-electron chi connectivity index (χ2n) is 2.64. The highest BCUT2D eigenvalue weighted by molar-refractivity contribution is 6.08. The normalized spacial score (nSPS) is 11.9. The van der Waals surface area contributed by atoms with E-state index in [4.69, 9.17) is 7.85 Å². The van der Waals surface area contributed by atoms with Crippen molar-refractivity contribution in [3.05, 3.63) is 0 Å². The number of hydrogen-bond donors (Lipinski definition) is 0. The average Bonchev–Trinajstić information content (AvgIpc) is 1.64. The third-order valence-electron chi connectivity index (χ3n) is 1.40. The van der Waals surface area contributed by atoms with Crippen LogP contribution in [0.4, 0.5) is 0 Å². The smallest absolute Gasteiger partial charge is 0.0692 e. The van der Waals surface area contributed by atoms with Crippen LogP contribution in [0.25, 0.3) is 0 Å². The highest BCUT2D eigenvalue weighted by Crippen LogP contribution is 1.99. The van der Waals surface area contributed by atoms with E-state index < -0.39 is 0 Å². The van der Waals surface area contributed by atoms with Crippen LogP contribution in [-0.2, 0) is 0 Å². The molecule has 0 N–H and O–H groups in total. The molecule has 0 fully saturated rings. The summed E-state index contributed by atoms with van der Waals surface area (Å²) in [5.41, 5.74) is 0. The zero-order chi connectivity index (χ0) is 7.44. The van der Waals surface area contributed by atoms with E-state index >= 15 is 0 Å². The molecule has 0 spiro atoms. The second kappa shape index (κ2) is 3.91. The van der Waals surface area contributed by atoms with Crippen LogP contribution >= 0.6 is 0 Å². The molecule has 0 heterocycles. The van der Waals surface area contributed by atoms with E-state index in [1.54, 1.807) is 0 Å². The van der Waals surface area contributed by atoms with Gasteiger partial charge in [0.15, 0.2) is 0 Å². The van der Waals surface area contributed by atoms with Crippen LogP contribution in [-0.4, -0.2) is 52.0 Å². The zero-order valence-electron chi connectivity index (χ0n) is 6.76. The van der Waals surface area contributed by atoms with Gasteiger partial charge in [0.05, 0.1) is 14.0 Å². The van der Waals surface area contributed by atoms with E-state index in [9.17, 15) is 0 Å². The monoisotopic (exact) mass is 126 g/mol. The third kappa shape index (κ3) is 2.87. The molecule has 0 saturated heterocycles. The first-order valence-corrected chi connectivity index (χ1v) is 3.12. The van der Waals surface area contributed by atoms with Crippen molar-refractivity contribution in [1.82, 2.24) is 9.80 Å². The molecule has 0 saturated carbocycles. The summed E-state index contributed by atoms with van der Waals surface area (Å²) in [5.74, 6) is 0. The lowest BCUT2D eigenvalue weighted by atomic mass is 10.0.